The van der Waals surface area contributed by atoms with Gasteiger partial charge < -0.3 is 15.2 Å². The maximum absolute atomic E-state index is 17.0. The topological polar surface area (TPSA) is 82.1 Å². The van der Waals surface area contributed by atoms with Crippen molar-refractivity contribution in [3.8, 4) is 22.5 Å². The van der Waals surface area contributed by atoms with E-state index in [2.05, 4.69) is 57.5 Å². The maximum Gasteiger partial charge on any atom is 0.157 e. The second kappa shape index (κ2) is 11.5. The number of imidazole rings is 1. The van der Waals surface area contributed by atoms with E-state index in [1.807, 2.05) is 67.4 Å². The van der Waals surface area contributed by atoms with Crippen LogP contribution in [0.3, 0.4) is 0 Å². The van der Waals surface area contributed by atoms with E-state index in [9.17, 15) is 0 Å². The molecule has 8 heteroatoms. The number of pyridine rings is 2. The predicted octanol–water partition coefficient (Wildman–Crippen LogP) is 6.98. The fourth-order valence-corrected chi connectivity index (χ4v) is 5.96. The molecule has 4 heterocycles. The minimum absolute atomic E-state index is 0.303. The summed E-state index contributed by atoms with van der Waals surface area (Å²) in [6, 6.07) is 26.2. The molecule has 0 saturated carbocycles. The number of hydrogen-bond donors (Lipinski definition) is 2. The number of aromatic nitrogens is 4. The van der Waals surface area contributed by atoms with Crippen molar-refractivity contribution in [1.29, 1.82) is 0 Å². The van der Waals surface area contributed by atoms with Gasteiger partial charge in [-0.25, -0.2) is 9.37 Å². The fraction of sp³-hybridized carbons (Fsp3) is 0.167. The van der Waals surface area contributed by atoms with E-state index in [4.69, 9.17) is 9.98 Å². The van der Waals surface area contributed by atoms with Gasteiger partial charge in [-0.15, -0.1) is 0 Å². The lowest BCUT2D eigenvalue weighted by Gasteiger charge is -2.28. The maximum atomic E-state index is 17.0. The van der Waals surface area contributed by atoms with Crippen LogP contribution >= 0.6 is 0 Å². The van der Waals surface area contributed by atoms with Crippen molar-refractivity contribution in [2.75, 3.05) is 18.6 Å². The van der Waals surface area contributed by atoms with E-state index in [0.717, 1.165) is 45.7 Å². The van der Waals surface area contributed by atoms with Crippen LogP contribution in [-0.4, -0.2) is 39.4 Å². The number of H-pyrrole nitrogens is 1. The lowest BCUT2D eigenvalue weighted by molar-refractivity contribution is 0.625. The molecule has 6 aromatic rings. The Morgan fingerprint density at radius 2 is 1.68 bits per heavy atom. The summed E-state index contributed by atoms with van der Waals surface area (Å²) in [6.07, 6.45) is 3.46. The lowest BCUT2D eigenvalue weighted by atomic mass is 9.91. The van der Waals surface area contributed by atoms with E-state index < -0.39 is 0 Å². The zero-order chi connectivity index (χ0) is 30.2. The zero-order valence-corrected chi connectivity index (χ0v) is 24.9. The molecule has 0 saturated heterocycles. The van der Waals surface area contributed by atoms with Crippen LogP contribution in [-0.2, 0) is 13.1 Å². The van der Waals surface area contributed by atoms with Crippen LogP contribution in [0, 0.1) is 19.7 Å². The predicted molar refractivity (Wildman–Crippen MR) is 174 cm³/mol. The van der Waals surface area contributed by atoms with Gasteiger partial charge in [0.15, 0.2) is 5.82 Å². The number of rotatable bonds is 7. The molecule has 1 aliphatic heterocycles. The Morgan fingerprint density at radius 3 is 2.50 bits per heavy atom. The van der Waals surface area contributed by atoms with E-state index in [1.165, 1.54) is 5.56 Å². The summed E-state index contributed by atoms with van der Waals surface area (Å²) in [5.41, 5.74) is 10.3. The van der Waals surface area contributed by atoms with Crippen LogP contribution in [0.2, 0.25) is 0 Å². The van der Waals surface area contributed by atoms with Gasteiger partial charge in [-0.05, 0) is 66.4 Å². The van der Waals surface area contributed by atoms with Crippen molar-refractivity contribution in [2.24, 2.45) is 4.99 Å². The lowest BCUT2D eigenvalue weighted by Crippen LogP contribution is -2.28. The molecule has 3 aromatic heterocycles. The van der Waals surface area contributed by atoms with Crippen LogP contribution in [0.25, 0.3) is 33.5 Å². The number of nitrogens with zero attached hydrogens (tertiary/aromatic N) is 5. The molecule has 0 fully saturated rings. The van der Waals surface area contributed by atoms with E-state index in [-0.39, 0.29) is 5.82 Å². The number of aliphatic imine (C=N–C) groups is 1. The summed E-state index contributed by atoms with van der Waals surface area (Å²) < 4.78 is 17.0. The van der Waals surface area contributed by atoms with Gasteiger partial charge in [-0.3, -0.25) is 15.0 Å². The highest BCUT2D eigenvalue weighted by molar-refractivity contribution is 6.17. The highest BCUT2D eigenvalue weighted by Crippen LogP contribution is 2.38. The van der Waals surface area contributed by atoms with Crippen molar-refractivity contribution in [2.45, 2.75) is 26.9 Å². The fourth-order valence-electron chi connectivity index (χ4n) is 5.96. The van der Waals surface area contributed by atoms with Gasteiger partial charge >= 0.3 is 0 Å². The van der Waals surface area contributed by atoms with Gasteiger partial charge in [0.05, 0.1) is 22.5 Å². The van der Waals surface area contributed by atoms with Crippen molar-refractivity contribution >= 4 is 22.4 Å². The summed E-state index contributed by atoms with van der Waals surface area (Å²) in [4.78, 5) is 24.1. The standard InChI is InChI=1S/C36H32FN7/c1-22-15-25(20-38-19-24-9-5-4-6-10-24)18-26(16-22)30-23(2)17-29-31(32(30)37)35(41-21-44(29)3)36-42-28-12-14-40-33(34(28)43-36)27-11-7-8-13-39-27/h4-18,38H,19-21H2,1-3H3,(H,42,43). The number of halogens is 1. The molecule has 3 aromatic carbocycles. The van der Waals surface area contributed by atoms with Gasteiger partial charge in [-0.2, -0.15) is 0 Å². The van der Waals surface area contributed by atoms with E-state index in [0.29, 0.717) is 47.1 Å². The van der Waals surface area contributed by atoms with Crippen LogP contribution in [0.5, 0.6) is 0 Å². The molecule has 218 valence electrons. The van der Waals surface area contributed by atoms with E-state index in [1.54, 1.807) is 12.4 Å². The highest BCUT2D eigenvalue weighted by atomic mass is 19.1. The number of nitrogens with one attached hydrogen (secondary N) is 2. The summed E-state index contributed by atoms with van der Waals surface area (Å²) in [5, 5.41) is 3.52. The first-order chi connectivity index (χ1) is 21.5. The first-order valence-corrected chi connectivity index (χ1v) is 14.7. The Morgan fingerprint density at radius 1 is 0.864 bits per heavy atom. The first-order valence-electron chi connectivity index (χ1n) is 14.7. The van der Waals surface area contributed by atoms with Gasteiger partial charge in [0.25, 0.3) is 0 Å². The smallest absolute Gasteiger partial charge is 0.157 e. The SMILES string of the molecule is Cc1cc(CNCc2ccccc2)cc(-c2c(C)cc3c(c2F)C(c2nc4c(-c5ccccn5)nccc4[nH]2)=NCN3C)c1. The number of anilines is 1. The number of aryl methyl sites for hydroxylation is 2. The molecule has 7 rings (SSSR count). The van der Waals surface area contributed by atoms with Crippen LogP contribution in [0.15, 0.2) is 96.2 Å². The second-order valence-electron chi connectivity index (χ2n) is 11.3. The van der Waals surface area contributed by atoms with Crippen molar-refractivity contribution in [3.63, 3.8) is 0 Å². The number of hydrogen-bond acceptors (Lipinski definition) is 6. The van der Waals surface area contributed by atoms with Gasteiger partial charge in [0.2, 0.25) is 0 Å². The third kappa shape index (κ3) is 5.14. The summed E-state index contributed by atoms with van der Waals surface area (Å²) >= 11 is 0. The molecule has 44 heavy (non-hydrogen) atoms. The van der Waals surface area contributed by atoms with E-state index >= 15 is 4.39 Å². The number of fused-ring (bicyclic) bond motifs is 2. The minimum Gasteiger partial charge on any atom is -0.355 e. The molecular weight excluding hydrogens is 549 g/mol. The average Bonchev–Trinajstić information content (AvgIpc) is 3.47. The molecule has 0 radical (unpaired) electrons. The van der Waals surface area contributed by atoms with Crippen LogP contribution in [0.4, 0.5) is 10.1 Å². The third-order valence-electron chi connectivity index (χ3n) is 7.99. The van der Waals surface area contributed by atoms with Crippen molar-refractivity contribution in [3.05, 3.63) is 131 Å². The Hall–Kier alpha value is -5.21. The zero-order valence-electron chi connectivity index (χ0n) is 24.9. The molecule has 0 spiro atoms. The summed E-state index contributed by atoms with van der Waals surface area (Å²) in [5.74, 6) is 0.200. The molecule has 0 amide bonds. The van der Waals surface area contributed by atoms with Crippen LogP contribution < -0.4 is 10.2 Å². The van der Waals surface area contributed by atoms with Crippen molar-refractivity contribution in [1.82, 2.24) is 25.3 Å². The Labute approximate surface area is 255 Å². The molecule has 1 aliphatic rings. The monoisotopic (exact) mass is 581 g/mol. The Bertz CT molecular complexity index is 2020. The first kappa shape index (κ1) is 27.6. The number of aromatic amines is 1. The van der Waals surface area contributed by atoms with Gasteiger partial charge in [0.1, 0.15) is 29.4 Å². The Balaban J connectivity index is 1.28. The minimum atomic E-state index is -0.303. The average molecular weight is 582 g/mol. The summed E-state index contributed by atoms with van der Waals surface area (Å²) in [7, 11) is 1.93. The molecule has 0 aliphatic carbocycles. The van der Waals surface area contributed by atoms with Crippen molar-refractivity contribution < 1.29 is 4.39 Å². The van der Waals surface area contributed by atoms with Crippen LogP contribution in [0.1, 0.15) is 33.6 Å². The molecule has 7 nitrogen and oxygen atoms in total. The summed E-state index contributed by atoms with van der Waals surface area (Å²) in [6.45, 7) is 5.86. The van der Waals surface area contributed by atoms with Gasteiger partial charge in [0, 0.05) is 38.1 Å². The Kier molecular flexibility index (Phi) is 7.20. The largest absolute Gasteiger partial charge is 0.355 e. The second-order valence-corrected chi connectivity index (χ2v) is 11.3. The number of benzene rings is 3. The third-order valence-corrected chi connectivity index (χ3v) is 7.99. The molecule has 0 unspecified atom stereocenters. The molecule has 0 bridgehead atoms. The molecular formula is C36H32FN7. The molecule has 2 N–H and O–H groups in total. The van der Waals surface area contributed by atoms with Gasteiger partial charge in [-0.1, -0.05) is 54.1 Å². The highest BCUT2D eigenvalue weighted by Gasteiger charge is 2.29. The quantitative estimate of drug-likeness (QED) is 0.213. The normalized spacial score (nSPS) is 12.8. The molecule has 0 atom stereocenters.